The van der Waals surface area contributed by atoms with Gasteiger partial charge in [0.25, 0.3) is 5.91 Å². The number of nitrogens with two attached hydrogens (primary N) is 1. The van der Waals surface area contributed by atoms with E-state index in [4.69, 9.17) is 15.5 Å². The monoisotopic (exact) mass is 510 g/mol. The fourth-order valence-corrected chi connectivity index (χ4v) is 6.21. The highest BCUT2D eigenvalue weighted by Gasteiger charge is 2.35. The number of fused-ring (bicyclic) bond motifs is 2. The Hall–Kier alpha value is -3.44. The van der Waals surface area contributed by atoms with E-state index in [9.17, 15) is 14.7 Å². The first-order chi connectivity index (χ1) is 17.3. The van der Waals surface area contributed by atoms with Crippen LogP contribution in [0.25, 0.3) is 10.2 Å². The van der Waals surface area contributed by atoms with Crippen LogP contribution in [0.2, 0.25) is 0 Å². The van der Waals surface area contributed by atoms with Crippen LogP contribution in [-0.2, 0) is 17.6 Å². The molecule has 11 heteroatoms. The summed E-state index contributed by atoms with van der Waals surface area (Å²) in [4.78, 5) is 37.0. The van der Waals surface area contributed by atoms with Gasteiger partial charge in [-0.2, -0.15) is 0 Å². The molecular formula is C25H30N6O4S. The summed E-state index contributed by atoms with van der Waals surface area (Å²) in [5.41, 5.74) is 9.78. The number of aromatic nitrogens is 2. The van der Waals surface area contributed by atoms with E-state index in [2.05, 4.69) is 26.6 Å². The number of ether oxygens (including phenoxy) is 1. The second-order valence-electron chi connectivity index (χ2n) is 9.52. The Morgan fingerprint density at radius 2 is 2.06 bits per heavy atom. The van der Waals surface area contributed by atoms with Gasteiger partial charge in [0.05, 0.1) is 18.3 Å². The van der Waals surface area contributed by atoms with Crippen LogP contribution in [0.1, 0.15) is 33.0 Å². The molecule has 0 saturated carbocycles. The number of carbonyl (C=O) groups is 2. The number of rotatable bonds is 6. The standard InChI is InChI=1S/C25H30N6O4S/c1-13-3-6-17-21(26)22(36-24(17)27-13)23(32)28-16-5-7-18-14(9-16)4-8-20(29-18)31-10-15(12-35-2)19(11-31)30-25(33)34/h3-4,6,8,15-16,19,30H,5,7,9-12,26H2,1-2H3,(H,28,32)(H,33,34)/t15-,16-,19-/m0/s1. The first-order valence-electron chi connectivity index (χ1n) is 12.0. The predicted molar refractivity (Wildman–Crippen MR) is 139 cm³/mol. The molecule has 10 nitrogen and oxygen atoms in total. The van der Waals surface area contributed by atoms with Crippen molar-refractivity contribution in [3.63, 3.8) is 0 Å². The number of nitrogens with zero attached hydrogens (tertiary/aromatic N) is 3. The summed E-state index contributed by atoms with van der Waals surface area (Å²) in [6, 6.07) is 7.65. The molecule has 0 aromatic carbocycles. The van der Waals surface area contributed by atoms with E-state index < -0.39 is 6.09 Å². The van der Waals surface area contributed by atoms with Gasteiger partial charge in [0.2, 0.25) is 0 Å². The number of methoxy groups -OCH3 is 1. The van der Waals surface area contributed by atoms with Crippen LogP contribution in [0.5, 0.6) is 0 Å². The van der Waals surface area contributed by atoms with Gasteiger partial charge in [-0.1, -0.05) is 6.07 Å². The number of carbonyl (C=O) groups excluding carboxylic acids is 1. The Labute approximate surface area is 212 Å². The number of aryl methyl sites for hydroxylation is 2. The molecule has 3 aromatic rings. The molecule has 36 heavy (non-hydrogen) atoms. The molecule has 0 radical (unpaired) electrons. The third-order valence-corrected chi connectivity index (χ3v) is 8.09. The zero-order valence-corrected chi connectivity index (χ0v) is 21.1. The van der Waals surface area contributed by atoms with E-state index in [1.807, 2.05) is 25.1 Å². The first kappa shape index (κ1) is 24.3. The summed E-state index contributed by atoms with van der Waals surface area (Å²) < 4.78 is 5.29. The van der Waals surface area contributed by atoms with Gasteiger partial charge in [-0.05, 0) is 49.9 Å². The summed E-state index contributed by atoms with van der Waals surface area (Å²) in [7, 11) is 1.62. The molecule has 1 fully saturated rings. The maximum atomic E-state index is 13.0. The maximum Gasteiger partial charge on any atom is 0.404 e. The lowest BCUT2D eigenvalue weighted by Gasteiger charge is -2.26. The molecule has 1 aliphatic carbocycles. The van der Waals surface area contributed by atoms with E-state index in [1.54, 1.807) is 7.11 Å². The van der Waals surface area contributed by atoms with E-state index in [1.165, 1.54) is 11.3 Å². The molecule has 0 spiro atoms. The van der Waals surface area contributed by atoms with E-state index >= 15 is 0 Å². The van der Waals surface area contributed by atoms with Gasteiger partial charge in [0, 0.05) is 48.9 Å². The second kappa shape index (κ2) is 9.90. The van der Waals surface area contributed by atoms with Crippen LogP contribution in [-0.4, -0.2) is 66.0 Å². The van der Waals surface area contributed by atoms with Crippen molar-refractivity contribution >= 4 is 45.1 Å². The van der Waals surface area contributed by atoms with Gasteiger partial charge in [0.15, 0.2) is 0 Å². The highest BCUT2D eigenvalue weighted by Crippen LogP contribution is 2.33. The molecule has 0 bridgehead atoms. The summed E-state index contributed by atoms with van der Waals surface area (Å²) in [6.07, 6.45) is 1.21. The normalized spacial score (nSPS) is 21.4. The molecule has 190 valence electrons. The third kappa shape index (κ3) is 4.80. The topological polar surface area (TPSA) is 143 Å². The minimum atomic E-state index is -1.03. The number of nitrogens with one attached hydrogen (secondary N) is 2. The van der Waals surface area contributed by atoms with Gasteiger partial charge in [-0.15, -0.1) is 11.3 Å². The van der Waals surface area contributed by atoms with Crippen LogP contribution in [0, 0.1) is 12.8 Å². The van der Waals surface area contributed by atoms with Crippen molar-refractivity contribution in [1.82, 2.24) is 20.6 Å². The lowest BCUT2D eigenvalue weighted by Crippen LogP contribution is -2.41. The average Bonchev–Trinajstić information content (AvgIpc) is 3.38. The van der Waals surface area contributed by atoms with Gasteiger partial charge in [-0.25, -0.2) is 14.8 Å². The largest absolute Gasteiger partial charge is 0.465 e. The molecule has 3 aromatic heterocycles. The predicted octanol–water partition coefficient (Wildman–Crippen LogP) is 2.59. The molecule has 4 heterocycles. The Kier molecular flexibility index (Phi) is 6.67. The highest BCUT2D eigenvalue weighted by molar-refractivity contribution is 7.21. The number of carboxylic acid groups (broad SMARTS) is 1. The lowest BCUT2D eigenvalue weighted by molar-refractivity contribution is 0.0938. The van der Waals surface area contributed by atoms with Crippen molar-refractivity contribution in [2.45, 2.75) is 38.3 Å². The van der Waals surface area contributed by atoms with E-state index in [0.29, 0.717) is 36.7 Å². The van der Waals surface area contributed by atoms with Gasteiger partial charge >= 0.3 is 6.09 Å². The minimum Gasteiger partial charge on any atom is -0.465 e. The van der Waals surface area contributed by atoms with Crippen molar-refractivity contribution in [3.05, 3.63) is 46.1 Å². The zero-order valence-electron chi connectivity index (χ0n) is 20.3. The third-order valence-electron chi connectivity index (χ3n) is 6.98. The van der Waals surface area contributed by atoms with Crippen LogP contribution in [0.4, 0.5) is 16.3 Å². The summed E-state index contributed by atoms with van der Waals surface area (Å²) in [5, 5.41) is 15.7. The fraction of sp³-hybridized carbons (Fsp3) is 0.440. The highest BCUT2D eigenvalue weighted by atomic mass is 32.1. The number of amides is 2. The number of anilines is 2. The number of thiophene rings is 1. The number of hydrogen-bond acceptors (Lipinski definition) is 8. The zero-order chi connectivity index (χ0) is 25.4. The maximum absolute atomic E-state index is 13.0. The molecular weight excluding hydrogens is 480 g/mol. The second-order valence-corrected chi connectivity index (χ2v) is 10.5. The summed E-state index contributed by atoms with van der Waals surface area (Å²) >= 11 is 1.33. The quantitative estimate of drug-likeness (QED) is 0.396. The Balaban J connectivity index is 1.26. The molecule has 0 unspecified atom stereocenters. The van der Waals surface area contributed by atoms with Crippen LogP contribution in [0.15, 0.2) is 24.3 Å². The smallest absolute Gasteiger partial charge is 0.404 e. The van der Waals surface area contributed by atoms with Gasteiger partial charge in [0.1, 0.15) is 15.5 Å². The Bertz CT molecular complexity index is 1310. The van der Waals surface area contributed by atoms with Crippen molar-refractivity contribution in [2.24, 2.45) is 5.92 Å². The van der Waals surface area contributed by atoms with Crippen molar-refractivity contribution in [3.8, 4) is 0 Å². The average molecular weight is 511 g/mol. The van der Waals surface area contributed by atoms with Crippen LogP contribution < -0.4 is 21.3 Å². The van der Waals surface area contributed by atoms with Gasteiger partial charge < -0.3 is 31.1 Å². The summed E-state index contributed by atoms with van der Waals surface area (Å²) in [6.45, 7) is 3.62. The molecule has 2 amide bonds. The van der Waals surface area contributed by atoms with Gasteiger partial charge in [-0.3, -0.25) is 4.79 Å². The molecule has 1 saturated heterocycles. The molecule has 3 atom stereocenters. The number of hydrogen-bond donors (Lipinski definition) is 4. The molecule has 5 rings (SSSR count). The molecule has 5 N–H and O–H groups in total. The van der Waals surface area contributed by atoms with Crippen LogP contribution >= 0.6 is 11.3 Å². The lowest BCUT2D eigenvalue weighted by atomic mass is 9.91. The van der Waals surface area contributed by atoms with Crippen molar-refractivity contribution in [2.75, 3.05) is 37.4 Å². The number of pyridine rings is 2. The Morgan fingerprint density at radius 3 is 2.83 bits per heavy atom. The van der Waals surface area contributed by atoms with Crippen molar-refractivity contribution < 1.29 is 19.4 Å². The fourth-order valence-electron chi connectivity index (χ4n) is 5.17. The van der Waals surface area contributed by atoms with Crippen LogP contribution in [0.3, 0.4) is 0 Å². The Morgan fingerprint density at radius 1 is 1.22 bits per heavy atom. The first-order valence-corrected chi connectivity index (χ1v) is 12.8. The minimum absolute atomic E-state index is 0.000949. The summed E-state index contributed by atoms with van der Waals surface area (Å²) in [5.74, 6) is 0.737. The van der Waals surface area contributed by atoms with E-state index in [-0.39, 0.29) is 23.9 Å². The molecule has 1 aliphatic heterocycles. The number of nitrogen functional groups attached to an aromatic ring is 1. The van der Waals surface area contributed by atoms with E-state index in [0.717, 1.165) is 45.8 Å². The molecule has 2 aliphatic rings. The van der Waals surface area contributed by atoms with Crippen molar-refractivity contribution in [1.29, 1.82) is 0 Å². The SMILES string of the molecule is COC[C@@H]1CN(c2ccc3c(n2)CC[C@H](NC(=O)c2sc4nc(C)ccc4c2N)C3)C[C@@H]1NC(=O)O.